The fraction of sp³-hybridized carbons (Fsp3) is 0.250. The van der Waals surface area contributed by atoms with Gasteiger partial charge < -0.3 is 10.1 Å². The first kappa shape index (κ1) is 19.0. The molecule has 11 heteroatoms. The van der Waals surface area contributed by atoms with Crippen molar-refractivity contribution in [3.63, 3.8) is 0 Å². The number of hydrogen-bond acceptors (Lipinski definition) is 6. The quantitative estimate of drug-likeness (QED) is 0.665. The Morgan fingerprint density at radius 3 is 2.59 bits per heavy atom. The molecule has 0 saturated carbocycles. The van der Waals surface area contributed by atoms with Crippen LogP contribution in [0.1, 0.15) is 11.4 Å². The van der Waals surface area contributed by atoms with E-state index in [-0.39, 0.29) is 17.4 Å². The fourth-order valence-electron chi connectivity index (χ4n) is 2.28. The van der Waals surface area contributed by atoms with Crippen molar-refractivity contribution in [1.29, 1.82) is 0 Å². The second kappa shape index (κ2) is 7.43. The number of alkyl halides is 3. The number of rotatable bonds is 5. The summed E-state index contributed by atoms with van der Waals surface area (Å²) in [6.07, 6.45) is -4.76. The predicted molar refractivity (Wildman–Crippen MR) is 92.7 cm³/mol. The summed E-state index contributed by atoms with van der Waals surface area (Å²) in [5, 5.41) is 7.27. The monoisotopic (exact) mass is 397 g/mol. The van der Waals surface area contributed by atoms with Gasteiger partial charge in [-0.3, -0.25) is 4.79 Å². The number of anilines is 1. The van der Waals surface area contributed by atoms with Crippen molar-refractivity contribution < 1.29 is 22.7 Å². The molecule has 2 heterocycles. The zero-order valence-corrected chi connectivity index (χ0v) is 15.1. The number of thioether (sulfide) groups is 1. The van der Waals surface area contributed by atoms with E-state index in [9.17, 15) is 18.0 Å². The van der Waals surface area contributed by atoms with Crippen molar-refractivity contribution >= 4 is 29.1 Å². The molecule has 0 radical (unpaired) electrons. The zero-order chi connectivity index (χ0) is 19.6. The molecule has 7 nitrogen and oxygen atoms in total. The van der Waals surface area contributed by atoms with E-state index in [1.807, 2.05) is 19.9 Å². The fourth-order valence-corrected chi connectivity index (χ4v) is 2.89. The Kier molecular flexibility index (Phi) is 5.22. The van der Waals surface area contributed by atoms with E-state index in [1.165, 1.54) is 12.1 Å². The highest BCUT2D eigenvalue weighted by atomic mass is 32.2. The van der Waals surface area contributed by atoms with Crippen LogP contribution >= 0.6 is 11.8 Å². The summed E-state index contributed by atoms with van der Waals surface area (Å²) in [6, 6.07) is 6.76. The third kappa shape index (κ3) is 5.09. The number of carbonyl (C=O) groups is 1. The van der Waals surface area contributed by atoms with Crippen LogP contribution in [0.5, 0.6) is 5.75 Å². The molecular formula is C16H14F3N5O2S. The van der Waals surface area contributed by atoms with Gasteiger partial charge >= 0.3 is 6.36 Å². The largest absolute Gasteiger partial charge is 0.573 e. The molecule has 0 aliphatic heterocycles. The van der Waals surface area contributed by atoms with Crippen LogP contribution in [0.4, 0.5) is 18.9 Å². The standard InChI is InChI=1S/C16H14F3N5O2S/c1-9-7-10(2)24-14(20-9)22-15(23-24)27-8-13(25)21-11-3-5-12(6-4-11)26-16(17,18)19/h3-7H,8H2,1-2H3,(H,21,25). The number of aromatic nitrogens is 4. The van der Waals surface area contributed by atoms with Gasteiger partial charge in [-0.1, -0.05) is 11.8 Å². The number of aryl methyl sites for hydroxylation is 2. The molecule has 27 heavy (non-hydrogen) atoms. The van der Waals surface area contributed by atoms with Crippen LogP contribution in [0, 0.1) is 13.8 Å². The molecule has 0 bridgehead atoms. The van der Waals surface area contributed by atoms with Gasteiger partial charge in [0.2, 0.25) is 11.1 Å². The maximum absolute atomic E-state index is 12.1. The molecule has 0 aliphatic rings. The average molecular weight is 397 g/mol. The average Bonchev–Trinajstić information content (AvgIpc) is 2.97. The van der Waals surface area contributed by atoms with Crippen LogP contribution < -0.4 is 10.1 Å². The molecule has 1 N–H and O–H groups in total. The number of amides is 1. The lowest BCUT2D eigenvalue weighted by Gasteiger charge is -2.09. The van der Waals surface area contributed by atoms with Gasteiger partial charge in [-0.25, -0.2) is 9.50 Å². The van der Waals surface area contributed by atoms with Crippen molar-refractivity contribution in [1.82, 2.24) is 19.6 Å². The minimum absolute atomic E-state index is 0.0374. The minimum Gasteiger partial charge on any atom is -0.406 e. The molecule has 0 aliphatic carbocycles. The molecular weight excluding hydrogens is 383 g/mol. The van der Waals surface area contributed by atoms with E-state index in [0.29, 0.717) is 16.6 Å². The molecule has 0 spiro atoms. The molecule has 1 aromatic carbocycles. The van der Waals surface area contributed by atoms with Crippen molar-refractivity contribution in [2.24, 2.45) is 0 Å². The number of carbonyl (C=O) groups excluding carboxylic acids is 1. The van der Waals surface area contributed by atoms with Gasteiger partial charge in [0.25, 0.3) is 5.78 Å². The third-order valence-electron chi connectivity index (χ3n) is 3.30. The van der Waals surface area contributed by atoms with E-state index in [1.54, 1.807) is 4.52 Å². The normalized spacial score (nSPS) is 11.6. The molecule has 2 aromatic heterocycles. The Morgan fingerprint density at radius 2 is 1.93 bits per heavy atom. The van der Waals surface area contributed by atoms with Crippen molar-refractivity contribution in [2.45, 2.75) is 25.4 Å². The smallest absolute Gasteiger partial charge is 0.406 e. The van der Waals surface area contributed by atoms with E-state index >= 15 is 0 Å². The Morgan fingerprint density at radius 1 is 1.22 bits per heavy atom. The molecule has 3 aromatic rings. The van der Waals surface area contributed by atoms with Crippen LogP contribution in [0.2, 0.25) is 0 Å². The number of benzene rings is 1. The highest BCUT2D eigenvalue weighted by molar-refractivity contribution is 7.99. The van der Waals surface area contributed by atoms with Gasteiger partial charge in [-0.05, 0) is 44.2 Å². The molecule has 0 fully saturated rings. The number of hydrogen-bond donors (Lipinski definition) is 1. The molecule has 3 rings (SSSR count). The van der Waals surface area contributed by atoms with E-state index < -0.39 is 6.36 Å². The first-order valence-corrected chi connectivity index (χ1v) is 8.68. The van der Waals surface area contributed by atoms with Crippen molar-refractivity contribution in [2.75, 3.05) is 11.1 Å². The second-order valence-electron chi connectivity index (χ2n) is 5.55. The van der Waals surface area contributed by atoms with E-state index in [4.69, 9.17) is 0 Å². The Bertz CT molecular complexity index is 973. The highest BCUT2D eigenvalue weighted by Gasteiger charge is 2.30. The Balaban J connectivity index is 1.57. The summed E-state index contributed by atoms with van der Waals surface area (Å²) in [5.74, 6) is -0.211. The summed E-state index contributed by atoms with van der Waals surface area (Å²) in [5.41, 5.74) is 2.05. The SMILES string of the molecule is Cc1cc(C)n2nc(SCC(=O)Nc3ccc(OC(F)(F)F)cc3)nc2n1. The van der Waals surface area contributed by atoms with Gasteiger partial charge in [0.05, 0.1) is 5.75 Å². The molecule has 0 atom stereocenters. The molecule has 0 saturated heterocycles. The minimum atomic E-state index is -4.76. The van der Waals surface area contributed by atoms with E-state index in [0.717, 1.165) is 35.3 Å². The van der Waals surface area contributed by atoms with Gasteiger partial charge in [0.1, 0.15) is 5.75 Å². The van der Waals surface area contributed by atoms with Crippen LogP contribution in [0.3, 0.4) is 0 Å². The van der Waals surface area contributed by atoms with Crippen LogP contribution in [0.15, 0.2) is 35.5 Å². The lowest BCUT2D eigenvalue weighted by Crippen LogP contribution is -2.17. The van der Waals surface area contributed by atoms with Gasteiger partial charge in [0, 0.05) is 17.1 Å². The third-order valence-corrected chi connectivity index (χ3v) is 4.14. The van der Waals surface area contributed by atoms with Crippen LogP contribution in [0.25, 0.3) is 5.78 Å². The molecule has 1 amide bonds. The summed E-state index contributed by atoms with van der Waals surface area (Å²) in [7, 11) is 0. The first-order chi connectivity index (χ1) is 12.7. The summed E-state index contributed by atoms with van der Waals surface area (Å²) in [4.78, 5) is 20.5. The second-order valence-corrected chi connectivity index (χ2v) is 6.50. The topological polar surface area (TPSA) is 81.4 Å². The lowest BCUT2D eigenvalue weighted by molar-refractivity contribution is -0.274. The lowest BCUT2D eigenvalue weighted by atomic mass is 10.3. The summed E-state index contributed by atoms with van der Waals surface area (Å²) in [6.45, 7) is 3.73. The highest BCUT2D eigenvalue weighted by Crippen LogP contribution is 2.24. The summed E-state index contributed by atoms with van der Waals surface area (Å²) < 4.78 is 41.7. The zero-order valence-electron chi connectivity index (χ0n) is 14.2. The molecule has 0 unspecified atom stereocenters. The number of fused-ring (bicyclic) bond motifs is 1. The van der Waals surface area contributed by atoms with Gasteiger partial charge in [0.15, 0.2) is 0 Å². The van der Waals surface area contributed by atoms with Gasteiger partial charge in [-0.2, -0.15) is 4.98 Å². The first-order valence-electron chi connectivity index (χ1n) is 7.69. The number of nitrogens with zero attached hydrogens (tertiary/aromatic N) is 4. The Hall–Kier alpha value is -2.82. The number of halogens is 3. The van der Waals surface area contributed by atoms with Crippen LogP contribution in [-0.4, -0.2) is 37.6 Å². The predicted octanol–water partition coefficient (Wildman–Crippen LogP) is 3.37. The number of ether oxygens (including phenoxy) is 1. The van der Waals surface area contributed by atoms with Crippen LogP contribution in [-0.2, 0) is 4.79 Å². The maximum atomic E-state index is 12.1. The van der Waals surface area contributed by atoms with E-state index in [2.05, 4.69) is 25.1 Å². The summed E-state index contributed by atoms with van der Waals surface area (Å²) >= 11 is 1.13. The van der Waals surface area contributed by atoms with Gasteiger partial charge in [-0.15, -0.1) is 18.3 Å². The Labute approximate surface area is 156 Å². The molecule has 142 valence electrons. The maximum Gasteiger partial charge on any atom is 0.573 e. The number of nitrogens with one attached hydrogen (secondary N) is 1. The van der Waals surface area contributed by atoms with Crippen molar-refractivity contribution in [3.05, 3.63) is 41.7 Å². The van der Waals surface area contributed by atoms with Crippen molar-refractivity contribution in [3.8, 4) is 5.75 Å².